The second-order valence-electron chi connectivity index (χ2n) is 4.80. The number of hydrogen-bond donors (Lipinski definition) is 1. The molecular weight excluding hydrogens is 270 g/mol. The summed E-state index contributed by atoms with van der Waals surface area (Å²) in [5.41, 5.74) is 0.940. The lowest BCUT2D eigenvalue weighted by molar-refractivity contribution is -0.145. The Kier molecular flexibility index (Phi) is 7.94. The van der Waals surface area contributed by atoms with Crippen molar-refractivity contribution in [2.45, 2.75) is 39.2 Å². The molecule has 0 aliphatic heterocycles. The van der Waals surface area contributed by atoms with Crippen molar-refractivity contribution < 1.29 is 19.1 Å². The lowest BCUT2D eigenvalue weighted by Crippen LogP contribution is -2.20. The van der Waals surface area contributed by atoms with E-state index < -0.39 is 0 Å². The van der Waals surface area contributed by atoms with Crippen molar-refractivity contribution in [1.29, 1.82) is 0 Å². The highest BCUT2D eigenvalue weighted by Crippen LogP contribution is 2.12. The molecule has 1 amide bonds. The van der Waals surface area contributed by atoms with Gasteiger partial charge in [-0.1, -0.05) is 18.6 Å². The molecule has 0 aliphatic rings. The van der Waals surface area contributed by atoms with Gasteiger partial charge >= 0.3 is 5.97 Å². The molecule has 0 saturated heterocycles. The zero-order chi connectivity index (χ0) is 15.5. The second kappa shape index (κ2) is 9.80. The number of esters is 1. The van der Waals surface area contributed by atoms with Gasteiger partial charge in [0.1, 0.15) is 12.4 Å². The van der Waals surface area contributed by atoms with Gasteiger partial charge in [0.05, 0.1) is 7.11 Å². The molecule has 116 valence electrons. The van der Waals surface area contributed by atoms with Gasteiger partial charge in [-0.15, -0.1) is 0 Å². The second-order valence-corrected chi connectivity index (χ2v) is 4.80. The largest absolute Gasteiger partial charge is 0.497 e. The number of amides is 1. The van der Waals surface area contributed by atoms with Crippen LogP contribution in [0, 0.1) is 0 Å². The molecule has 0 heterocycles. The van der Waals surface area contributed by atoms with Gasteiger partial charge in [-0.05, 0) is 30.5 Å². The molecule has 0 aromatic heterocycles. The van der Waals surface area contributed by atoms with Crippen LogP contribution >= 0.6 is 0 Å². The first kappa shape index (κ1) is 17.0. The van der Waals surface area contributed by atoms with E-state index in [0.717, 1.165) is 30.6 Å². The molecule has 5 nitrogen and oxygen atoms in total. The molecule has 0 fully saturated rings. The van der Waals surface area contributed by atoms with Gasteiger partial charge in [0, 0.05) is 19.9 Å². The van der Waals surface area contributed by atoms with Gasteiger partial charge in [-0.3, -0.25) is 9.59 Å². The summed E-state index contributed by atoms with van der Waals surface area (Å²) >= 11 is 0. The predicted octanol–water partition coefficient (Wildman–Crippen LogP) is 2.43. The van der Waals surface area contributed by atoms with Gasteiger partial charge in [-0.2, -0.15) is 0 Å². The number of ether oxygens (including phenoxy) is 2. The van der Waals surface area contributed by atoms with Crippen LogP contribution < -0.4 is 10.1 Å². The fourth-order valence-corrected chi connectivity index (χ4v) is 1.79. The van der Waals surface area contributed by atoms with Gasteiger partial charge < -0.3 is 14.8 Å². The van der Waals surface area contributed by atoms with Crippen molar-refractivity contribution >= 4 is 11.9 Å². The van der Waals surface area contributed by atoms with E-state index in [1.54, 1.807) is 7.11 Å². The Morgan fingerprint density at radius 2 is 1.81 bits per heavy atom. The molecule has 0 unspecified atom stereocenters. The van der Waals surface area contributed by atoms with Crippen LogP contribution in [0.15, 0.2) is 24.3 Å². The van der Waals surface area contributed by atoms with Crippen molar-refractivity contribution in [3.8, 4) is 5.75 Å². The summed E-state index contributed by atoms with van der Waals surface area (Å²) < 4.78 is 10.3. The standard InChI is InChI=1S/C16H23NO4/c1-13(18)17-11-5-3-4-6-16(19)21-12-14-7-9-15(20-2)10-8-14/h7-10H,3-6,11-12H2,1-2H3,(H,17,18). The van der Waals surface area contributed by atoms with Crippen molar-refractivity contribution in [3.05, 3.63) is 29.8 Å². The highest BCUT2D eigenvalue weighted by Gasteiger charge is 2.03. The average molecular weight is 293 g/mol. The van der Waals surface area contributed by atoms with Crippen LogP contribution in [0.3, 0.4) is 0 Å². The summed E-state index contributed by atoms with van der Waals surface area (Å²) in [7, 11) is 1.61. The molecule has 0 radical (unpaired) electrons. The van der Waals surface area contributed by atoms with E-state index in [4.69, 9.17) is 9.47 Å². The van der Waals surface area contributed by atoms with Crippen molar-refractivity contribution in [1.82, 2.24) is 5.32 Å². The molecule has 1 rings (SSSR count). The first-order chi connectivity index (χ1) is 10.1. The van der Waals surface area contributed by atoms with E-state index in [1.807, 2.05) is 24.3 Å². The summed E-state index contributed by atoms with van der Waals surface area (Å²) in [5.74, 6) is 0.573. The molecule has 0 aliphatic carbocycles. The summed E-state index contributed by atoms with van der Waals surface area (Å²) in [6, 6.07) is 7.43. The molecule has 21 heavy (non-hydrogen) atoms. The van der Waals surface area contributed by atoms with Crippen LogP contribution in [-0.2, 0) is 20.9 Å². The van der Waals surface area contributed by atoms with Crippen LogP contribution in [0.2, 0.25) is 0 Å². The van der Waals surface area contributed by atoms with Gasteiger partial charge in [0.2, 0.25) is 5.91 Å². The maximum atomic E-state index is 11.6. The quantitative estimate of drug-likeness (QED) is 0.561. The monoisotopic (exact) mass is 293 g/mol. The maximum absolute atomic E-state index is 11.6. The SMILES string of the molecule is COc1ccc(COC(=O)CCCCCNC(C)=O)cc1. The van der Waals surface area contributed by atoms with Crippen LogP contribution in [-0.4, -0.2) is 25.5 Å². The summed E-state index contributed by atoms with van der Waals surface area (Å²) in [5, 5.41) is 2.72. The Labute approximate surface area is 125 Å². The average Bonchev–Trinajstić information content (AvgIpc) is 2.49. The predicted molar refractivity (Wildman–Crippen MR) is 79.9 cm³/mol. The molecule has 0 saturated carbocycles. The first-order valence-electron chi connectivity index (χ1n) is 7.15. The van der Waals surface area contributed by atoms with Crippen molar-refractivity contribution in [2.75, 3.05) is 13.7 Å². The number of methoxy groups -OCH3 is 1. The maximum Gasteiger partial charge on any atom is 0.306 e. The third-order valence-corrected chi connectivity index (χ3v) is 2.99. The molecule has 1 N–H and O–H groups in total. The van der Waals surface area contributed by atoms with E-state index in [2.05, 4.69) is 5.32 Å². The normalized spacial score (nSPS) is 10.0. The number of carbonyl (C=O) groups excluding carboxylic acids is 2. The minimum atomic E-state index is -0.189. The Bertz CT molecular complexity index is 442. The summed E-state index contributed by atoms with van der Waals surface area (Å²) in [6.07, 6.45) is 2.97. The van der Waals surface area contributed by atoms with Gasteiger partial charge in [0.15, 0.2) is 0 Å². The fraction of sp³-hybridized carbons (Fsp3) is 0.500. The number of carbonyl (C=O) groups is 2. The number of unbranched alkanes of at least 4 members (excludes halogenated alkanes) is 2. The first-order valence-corrected chi connectivity index (χ1v) is 7.15. The molecule has 5 heteroatoms. The fourth-order valence-electron chi connectivity index (χ4n) is 1.79. The number of hydrogen-bond acceptors (Lipinski definition) is 4. The Morgan fingerprint density at radius 1 is 1.10 bits per heavy atom. The van der Waals surface area contributed by atoms with E-state index in [0.29, 0.717) is 13.0 Å². The lowest BCUT2D eigenvalue weighted by Gasteiger charge is -2.06. The van der Waals surface area contributed by atoms with E-state index in [1.165, 1.54) is 6.92 Å². The Morgan fingerprint density at radius 3 is 2.43 bits per heavy atom. The molecule has 1 aromatic rings. The molecule has 0 bridgehead atoms. The zero-order valence-electron chi connectivity index (χ0n) is 12.7. The minimum Gasteiger partial charge on any atom is -0.497 e. The highest BCUT2D eigenvalue weighted by atomic mass is 16.5. The molecule has 0 atom stereocenters. The Hall–Kier alpha value is -2.04. The van der Waals surface area contributed by atoms with E-state index in [-0.39, 0.29) is 18.5 Å². The molecule has 0 spiro atoms. The highest BCUT2D eigenvalue weighted by molar-refractivity contribution is 5.72. The lowest BCUT2D eigenvalue weighted by atomic mass is 10.2. The van der Waals surface area contributed by atoms with Crippen molar-refractivity contribution in [2.24, 2.45) is 0 Å². The number of nitrogens with one attached hydrogen (secondary N) is 1. The number of rotatable bonds is 9. The van der Waals surface area contributed by atoms with Gasteiger partial charge in [-0.25, -0.2) is 0 Å². The summed E-state index contributed by atoms with van der Waals surface area (Å²) in [4.78, 5) is 22.2. The van der Waals surface area contributed by atoms with Crippen LogP contribution in [0.4, 0.5) is 0 Å². The third kappa shape index (κ3) is 7.97. The molecule has 1 aromatic carbocycles. The summed E-state index contributed by atoms with van der Waals surface area (Å²) in [6.45, 7) is 2.45. The third-order valence-electron chi connectivity index (χ3n) is 2.99. The minimum absolute atomic E-state index is 0.0195. The van der Waals surface area contributed by atoms with Crippen LogP contribution in [0.25, 0.3) is 0 Å². The van der Waals surface area contributed by atoms with Crippen molar-refractivity contribution in [3.63, 3.8) is 0 Å². The smallest absolute Gasteiger partial charge is 0.306 e. The van der Waals surface area contributed by atoms with Crippen LogP contribution in [0.5, 0.6) is 5.75 Å². The molecular formula is C16H23NO4. The number of benzene rings is 1. The van der Waals surface area contributed by atoms with E-state index >= 15 is 0 Å². The van der Waals surface area contributed by atoms with Gasteiger partial charge in [0.25, 0.3) is 0 Å². The van der Waals surface area contributed by atoms with Crippen LogP contribution in [0.1, 0.15) is 38.2 Å². The van der Waals surface area contributed by atoms with E-state index in [9.17, 15) is 9.59 Å². The topological polar surface area (TPSA) is 64.6 Å². The zero-order valence-corrected chi connectivity index (χ0v) is 12.7. The Balaban J connectivity index is 2.09.